The van der Waals surface area contributed by atoms with E-state index in [1.807, 2.05) is 26.8 Å². The second-order valence-electron chi connectivity index (χ2n) is 4.68. The van der Waals surface area contributed by atoms with E-state index >= 15 is 0 Å². The Labute approximate surface area is 112 Å². The summed E-state index contributed by atoms with van der Waals surface area (Å²) in [5.74, 6) is 0.593. The molecule has 2 nitrogen and oxygen atoms in total. The lowest BCUT2D eigenvalue weighted by Crippen LogP contribution is -1.97. The summed E-state index contributed by atoms with van der Waals surface area (Å²) < 4.78 is 19.3. The molecule has 1 N–H and O–H groups in total. The molecule has 0 unspecified atom stereocenters. The van der Waals surface area contributed by atoms with Gasteiger partial charge in [-0.25, -0.2) is 4.39 Å². The normalized spacial score (nSPS) is 10.6. The molecule has 0 bridgehead atoms. The van der Waals surface area contributed by atoms with Crippen LogP contribution in [0, 0.1) is 26.6 Å². The molecule has 0 aliphatic rings. The maximum absolute atomic E-state index is 13.6. The number of aliphatic hydroxyl groups excluding tert-OH is 1. The van der Waals surface area contributed by atoms with Crippen molar-refractivity contribution in [3.05, 3.63) is 58.4 Å². The molecule has 0 saturated heterocycles. The molecule has 0 heterocycles. The van der Waals surface area contributed by atoms with Crippen LogP contribution in [0.1, 0.15) is 22.3 Å². The zero-order chi connectivity index (χ0) is 14.0. The molecule has 0 aliphatic carbocycles. The summed E-state index contributed by atoms with van der Waals surface area (Å²) in [6.07, 6.45) is 0. The predicted octanol–water partition coefficient (Wildman–Crippen LogP) is 4.04. The van der Waals surface area contributed by atoms with Crippen LogP contribution in [0.25, 0.3) is 0 Å². The van der Waals surface area contributed by atoms with Crippen molar-refractivity contribution in [3.63, 3.8) is 0 Å². The monoisotopic (exact) mass is 260 g/mol. The Morgan fingerprint density at radius 1 is 1.11 bits per heavy atom. The number of hydrogen-bond acceptors (Lipinski definition) is 2. The first kappa shape index (κ1) is 13.6. The molecule has 0 aromatic heterocycles. The van der Waals surface area contributed by atoms with Gasteiger partial charge in [0.1, 0.15) is 17.3 Å². The summed E-state index contributed by atoms with van der Waals surface area (Å²) >= 11 is 0. The van der Waals surface area contributed by atoms with Crippen molar-refractivity contribution in [2.75, 3.05) is 0 Å². The van der Waals surface area contributed by atoms with E-state index in [1.165, 1.54) is 6.07 Å². The van der Waals surface area contributed by atoms with Gasteiger partial charge in [0.05, 0.1) is 12.2 Å². The highest BCUT2D eigenvalue weighted by molar-refractivity contribution is 5.46. The summed E-state index contributed by atoms with van der Waals surface area (Å²) in [5, 5.41) is 9.24. The number of hydrogen-bond donors (Lipinski definition) is 1. The van der Waals surface area contributed by atoms with Gasteiger partial charge in [0.25, 0.3) is 0 Å². The van der Waals surface area contributed by atoms with E-state index in [0.717, 1.165) is 16.7 Å². The van der Waals surface area contributed by atoms with Crippen LogP contribution in [0.3, 0.4) is 0 Å². The summed E-state index contributed by atoms with van der Waals surface area (Å²) in [4.78, 5) is 0. The van der Waals surface area contributed by atoms with Crippen LogP contribution in [-0.2, 0) is 6.61 Å². The van der Waals surface area contributed by atoms with E-state index in [0.29, 0.717) is 11.5 Å². The fraction of sp³-hybridized carbons (Fsp3) is 0.250. The number of aryl methyl sites for hydroxylation is 2. The van der Waals surface area contributed by atoms with Crippen LogP contribution in [0.15, 0.2) is 30.3 Å². The second kappa shape index (κ2) is 5.41. The largest absolute Gasteiger partial charge is 0.457 e. The van der Waals surface area contributed by atoms with Gasteiger partial charge in [-0.05, 0) is 55.7 Å². The van der Waals surface area contributed by atoms with Crippen LogP contribution in [0.5, 0.6) is 11.5 Å². The average Bonchev–Trinajstić information content (AvgIpc) is 2.35. The first-order valence-electron chi connectivity index (χ1n) is 6.17. The zero-order valence-corrected chi connectivity index (χ0v) is 11.3. The van der Waals surface area contributed by atoms with E-state index in [-0.39, 0.29) is 12.2 Å². The molecular weight excluding hydrogens is 243 g/mol. The third-order valence-electron chi connectivity index (χ3n) is 3.22. The maximum atomic E-state index is 13.6. The van der Waals surface area contributed by atoms with Gasteiger partial charge in [-0.3, -0.25) is 0 Å². The van der Waals surface area contributed by atoms with Gasteiger partial charge < -0.3 is 9.84 Å². The second-order valence-corrected chi connectivity index (χ2v) is 4.68. The van der Waals surface area contributed by atoms with E-state index in [4.69, 9.17) is 4.74 Å². The third-order valence-corrected chi connectivity index (χ3v) is 3.22. The molecule has 0 amide bonds. The lowest BCUT2D eigenvalue weighted by atomic mass is 10.1. The smallest absolute Gasteiger partial charge is 0.135 e. The Kier molecular flexibility index (Phi) is 3.86. The SMILES string of the molecule is Cc1cc(C)c(C)c(Oc2cccc(F)c2CO)c1. The summed E-state index contributed by atoms with van der Waals surface area (Å²) in [6, 6.07) is 8.52. The Morgan fingerprint density at radius 2 is 1.84 bits per heavy atom. The molecule has 0 atom stereocenters. The van der Waals surface area contributed by atoms with Crippen LogP contribution in [0.2, 0.25) is 0 Å². The van der Waals surface area contributed by atoms with Crippen molar-refractivity contribution in [2.45, 2.75) is 27.4 Å². The van der Waals surface area contributed by atoms with Crippen LogP contribution in [0.4, 0.5) is 4.39 Å². The first-order valence-corrected chi connectivity index (χ1v) is 6.17. The number of aliphatic hydroxyl groups is 1. The molecule has 2 aromatic carbocycles. The Bertz CT molecular complexity index is 606. The minimum Gasteiger partial charge on any atom is -0.457 e. The topological polar surface area (TPSA) is 29.5 Å². The van der Waals surface area contributed by atoms with Crippen LogP contribution in [-0.4, -0.2) is 5.11 Å². The number of rotatable bonds is 3. The van der Waals surface area contributed by atoms with Gasteiger partial charge >= 0.3 is 0 Å². The first-order chi connectivity index (χ1) is 9.02. The van der Waals surface area contributed by atoms with Crippen molar-refractivity contribution in [1.82, 2.24) is 0 Å². The van der Waals surface area contributed by atoms with Crippen molar-refractivity contribution in [2.24, 2.45) is 0 Å². The number of halogens is 1. The highest BCUT2D eigenvalue weighted by Gasteiger charge is 2.11. The molecule has 100 valence electrons. The van der Waals surface area contributed by atoms with Crippen LogP contribution < -0.4 is 4.74 Å². The zero-order valence-electron chi connectivity index (χ0n) is 11.3. The van der Waals surface area contributed by atoms with Gasteiger partial charge in [-0.15, -0.1) is 0 Å². The van der Waals surface area contributed by atoms with Gasteiger partial charge in [0.15, 0.2) is 0 Å². The standard InChI is InChI=1S/C16H17FO2/c1-10-7-11(2)12(3)16(8-10)19-15-6-4-5-14(17)13(15)9-18/h4-8,18H,9H2,1-3H3. The predicted molar refractivity (Wildman–Crippen MR) is 73.0 cm³/mol. The Balaban J connectivity index is 2.45. The Hall–Kier alpha value is -1.87. The highest BCUT2D eigenvalue weighted by Crippen LogP contribution is 2.31. The average molecular weight is 260 g/mol. The summed E-state index contributed by atoms with van der Waals surface area (Å²) in [6.45, 7) is 5.57. The molecule has 2 aromatic rings. The van der Waals surface area contributed by atoms with Crippen molar-refractivity contribution >= 4 is 0 Å². The molecule has 0 radical (unpaired) electrons. The van der Waals surface area contributed by atoms with Crippen molar-refractivity contribution in [3.8, 4) is 11.5 Å². The lowest BCUT2D eigenvalue weighted by molar-refractivity contribution is 0.270. The molecular formula is C16H17FO2. The van der Waals surface area contributed by atoms with E-state index in [2.05, 4.69) is 6.07 Å². The minimum atomic E-state index is -0.456. The quantitative estimate of drug-likeness (QED) is 0.902. The lowest BCUT2D eigenvalue weighted by Gasteiger charge is -2.14. The molecule has 0 fully saturated rings. The van der Waals surface area contributed by atoms with Gasteiger partial charge in [0, 0.05) is 0 Å². The van der Waals surface area contributed by atoms with Gasteiger partial charge in [0.2, 0.25) is 0 Å². The van der Waals surface area contributed by atoms with Crippen molar-refractivity contribution < 1.29 is 14.2 Å². The van der Waals surface area contributed by atoms with E-state index in [9.17, 15) is 9.50 Å². The molecule has 2 rings (SSSR count). The molecule has 0 aliphatic heterocycles. The summed E-state index contributed by atoms with van der Waals surface area (Å²) in [5.41, 5.74) is 3.40. The van der Waals surface area contributed by atoms with Crippen molar-refractivity contribution in [1.29, 1.82) is 0 Å². The highest BCUT2D eigenvalue weighted by atomic mass is 19.1. The molecule has 0 spiro atoms. The summed E-state index contributed by atoms with van der Waals surface area (Å²) in [7, 11) is 0. The molecule has 0 saturated carbocycles. The number of ether oxygens (including phenoxy) is 1. The third kappa shape index (κ3) is 2.76. The minimum absolute atomic E-state index is 0.182. The fourth-order valence-corrected chi connectivity index (χ4v) is 2.01. The number of benzene rings is 2. The van der Waals surface area contributed by atoms with Gasteiger partial charge in [-0.2, -0.15) is 0 Å². The Morgan fingerprint density at radius 3 is 2.53 bits per heavy atom. The van der Waals surface area contributed by atoms with E-state index < -0.39 is 5.82 Å². The molecule has 3 heteroatoms. The molecule has 19 heavy (non-hydrogen) atoms. The maximum Gasteiger partial charge on any atom is 0.135 e. The van der Waals surface area contributed by atoms with E-state index in [1.54, 1.807) is 12.1 Å². The van der Waals surface area contributed by atoms with Crippen LogP contribution >= 0.6 is 0 Å². The fourth-order valence-electron chi connectivity index (χ4n) is 2.01. The van der Waals surface area contributed by atoms with Gasteiger partial charge in [-0.1, -0.05) is 12.1 Å².